The molecule has 1 heterocycles. The van der Waals surface area contributed by atoms with E-state index in [-0.39, 0.29) is 19.5 Å². The van der Waals surface area contributed by atoms with E-state index >= 15 is 0 Å². The summed E-state index contributed by atoms with van der Waals surface area (Å²) in [5.41, 5.74) is -2.38. The highest BCUT2D eigenvalue weighted by Gasteiger charge is 2.59. The molecule has 8 heteroatoms. The monoisotopic (exact) mass is 331 g/mol. The van der Waals surface area contributed by atoms with Crippen molar-refractivity contribution in [3.63, 3.8) is 0 Å². The molecule has 0 aliphatic carbocycles. The molecule has 3 nitrogen and oxygen atoms in total. The molecule has 1 rings (SSSR count). The van der Waals surface area contributed by atoms with Gasteiger partial charge in [0.1, 0.15) is 17.8 Å². The van der Waals surface area contributed by atoms with E-state index in [1.165, 1.54) is 4.90 Å². The smallest absolute Gasteiger partial charge is 0.378 e. The predicted octanol–water partition coefficient (Wildman–Crippen LogP) is 3.28. The molecule has 1 aliphatic heterocycles. The minimum absolute atomic E-state index is 0.140. The second kappa shape index (κ2) is 7.21. The Balaban J connectivity index is 2.76. The molecule has 1 saturated heterocycles. The number of halogens is 5. The number of hydrogen-bond acceptors (Lipinski definition) is 3. The van der Waals surface area contributed by atoms with Crippen molar-refractivity contribution < 1.29 is 31.5 Å². The quantitative estimate of drug-likeness (QED) is 0.671. The van der Waals surface area contributed by atoms with Crippen LogP contribution in [0.2, 0.25) is 0 Å². The summed E-state index contributed by atoms with van der Waals surface area (Å²) in [5.74, 6) is -3.94. The number of methoxy groups -OCH3 is 1. The van der Waals surface area contributed by atoms with Crippen molar-refractivity contribution >= 4 is 5.78 Å². The van der Waals surface area contributed by atoms with Crippen molar-refractivity contribution in [3.05, 3.63) is 0 Å². The average Bonchev–Trinajstić information content (AvgIpc) is 2.37. The maximum atomic E-state index is 13.5. The molecule has 22 heavy (non-hydrogen) atoms. The van der Waals surface area contributed by atoms with E-state index in [1.54, 1.807) is 6.92 Å². The molecule has 0 amide bonds. The van der Waals surface area contributed by atoms with Crippen molar-refractivity contribution in [1.82, 2.24) is 4.90 Å². The molecule has 0 atom stereocenters. The number of piperidine rings is 1. The standard InChI is InChI=1S/C14H22F5NO2/c1-3-4-11(21)12(14(17,18)19)5-7-20(8-6-12)9-13(15,16)10-22-2/h3-10H2,1-2H3. The first-order valence-corrected chi connectivity index (χ1v) is 7.27. The average molecular weight is 331 g/mol. The Morgan fingerprint density at radius 2 is 1.73 bits per heavy atom. The van der Waals surface area contributed by atoms with Gasteiger partial charge in [-0.15, -0.1) is 0 Å². The fourth-order valence-electron chi connectivity index (χ4n) is 2.86. The number of ketones is 1. The number of Topliss-reactive ketones (excluding diaryl/α,β-unsaturated/α-hetero) is 1. The van der Waals surface area contributed by atoms with Gasteiger partial charge in [0.15, 0.2) is 0 Å². The molecule has 0 aromatic rings. The number of alkyl halides is 5. The van der Waals surface area contributed by atoms with E-state index in [4.69, 9.17) is 0 Å². The van der Waals surface area contributed by atoms with Gasteiger partial charge in [0.2, 0.25) is 0 Å². The third kappa shape index (κ3) is 4.38. The lowest BCUT2D eigenvalue weighted by atomic mass is 9.72. The Morgan fingerprint density at radius 1 is 1.18 bits per heavy atom. The highest BCUT2D eigenvalue weighted by molar-refractivity contribution is 5.85. The van der Waals surface area contributed by atoms with Crippen LogP contribution in [0.3, 0.4) is 0 Å². The zero-order valence-corrected chi connectivity index (χ0v) is 12.8. The Bertz CT molecular complexity index is 376. The largest absolute Gasteiger partial charge is 0.401 e. The lowest BCUT2D eigenvalue weighted by molar-refractivity contribution is -0.233. The van der Waals surface area contributed by atoms with Gasteiger partial charge in [-0.25, -0.2) is 8.78 Å². The normalized spacial score (nSPS) is 20.1. The zero-order valence-electron chi connectivity index (χ0n) is 12.8. The van der Waals surface area contributed by atoms with E-state index in [0.29, 0.717) is 6.42 Å². The van der Waals surface area contributed by atoms with Crippen LogP contribution in [0.25, 0.3) is 0 Å². The topological polar surface area (TPSA) is 29.5 Å². The van der Waals surface area contributed by atoms with Gasteiger partial charge in [0.05, 0.1) is 6.54 Å². The van der Waals surface area contributed by atoms with E-state index in [1.807, 2.05) is 0 Å². The SMILES string of the molecule is CCCC(=O)C1(C(F)(F)F)CCN(CC(F)(F)COC)CC1. The van der Waals surface area contributed by atoms with Crippen molar-refractivity contribution in [2.75, 3.05) is 33.4 Å². The lowest BCUT2D eigenvalue weighted by Crippen LogP contribution is -2.54. The second-order valence-electron chi connectivity index (χ2n) is 5.82. The number of likely N-dealkylation sites (tertiary alicyclic amines) is 1. The highest BCUT2D eigenvalue weighted by Crippen LogP contribution is 2.48. The van der Waals surface area contributed by atoms with Gasteiger partial charge in [-0.1, -0.05) is 6.92 Å². The Hall–Kier alpha value is -0.760. The molecule has 0 spiro atoms. The second-order valence-corrected chi connectivity index (χ2v) is 5.82. The highest BCUT2D eigenvalue weighted by atomic mass is 19.4. The maximum absolute atomic E-state index is 13.5. The molecule has 0 N–H and O–H groups in total. The lowest BCUT2D eigenvalue weighted by Gasteiger charge is -2.42. The fraction of sp³-hybridized carbons (Fsp3) is 0.929. The zero-order chi connectivity index (χ0) is 17.0. The first-order chi connectivity index (χ1) is 10.1. The molecule has 0 bridgehead atoms. The third-order valence-electron chi connectivity index (χ3n) is 4.07. The first-order valence-electron chi connectivity index (χ1n) is 7.27. The summed E-state index contributed by atoms with van der Waals surface area (Å²) in [6.07, 6.45) is -5.36. The van der Waals surface area contributed by atoms with Crippen LogP contribution in [-0.4, -0.2) is 56.1 Å². The number of carbonyl (C=O) groups is 1. The number of carbonyl (C=O) groups excluding carboxylic acids is 1. The molecule has 0 radical (unpaired) electrons. The molecule has 130 valence electrons. The summed E-state index contributed by atoms with van der Waals surface area (Å²) in [5, 5.41) is 0. The van der Waals surface area contributed by atoms with Gasteiger partial charge in [0.25, 0.3) is 5.92 Å². The number of hydrogen-bond donors (Lipinski definition) is 0. The van der Waals surface area contributed by atoms with Gasteiger partial charge in [-0.2, -0.15) is 13.2 Å². The number of ether oxygens (including phenoxy) is 1. The van der Waals surface area contributed by atoms with Gasteiger partial charge >= 0.3 is 6.18 Å². The van der Waals surface area contributed by atoms with E-state index < -0.39 is 49.3 Å². The molecule has 0 aromatic heterocycles. The predicted molar refractivity (Wildman–Crippen MR) is 70.9 cm³/mol. The summed E-state index contributed by atoms with van der Waals surface area (Å²) in [4.78, 5) is 13.2. The van der Waals surface area contributed by atoms with Crippen LogP contribution >= 0.6 is 0 Å². The third-order valence-corrected chi connectivity index (χ3v) is 4.07. The van der Waals surface area contributed by atoms with Crippen LogP contribution in [0.15, 0.2) is 0 Å². The van der Waals surface area contributed by atoms with Crippen molar-refractivity contribution in [3.8, 4) is 0 Å². The molecule has 1 aliphatic rings. The molecule has 0 unspecified atom stereocenters. The number of rotatable bonds is 7. The summed E-state index contributed by atoms with van der Waals surface area (Å²) >= 11 is 0. The minimum Gasteiger partial charge on any atom is -0.378 e. The Morgan fingerprint density at radius 3 is 2.14 bits per heavy atom. The molecule has 0 aromatic carbocycles. The van der Waals surface area contributed by atoms with E-state index in [2.05, 4.69) is 4.74 Å². The molecule has 0 saturated carbocycles. The molecular weight excluding hydrogens is 309 g/mol. The van der Waals surface area contributed by atoms with Crippen LogP contribution in [-0.2, 0) is 9.53 Å². The minimum atomic E-state index is -4.64. The van der Waals surface area contributed by atoms with E-state index in [9.17, 15) is 26.7 Å². The first kappa shape index (κ1) is 19.3. The Labute approximate surface area is 126 Å². The van der Waals surface area contributed by atoms with Gasteiger partial charge in [-0.05, 0) is 32.4 Å². The van der Waals surface area contributed by atoms with Crippen LogP contribution in [0.5, 0.6) is 0 Å². The summed E-state index contributed by atoms with van der Waals surface area (Å²) < 4.78 is 71.4. The van der Waals surface area contributed by atoms with Gasteiger partial charge in [0, 0.05) is 13.5 Å². The van der Waals surface area contributed by atoms with Crippen LogP contribution in [0.4, 0.5) is 22.0 Å². The molecule has 1 fully saturated rings. The fourth-order valence-corrected chi connectivity index (χ4v) is 2.86. The maximum Gasteiger partial charge on any atom is 0.401 e. The van der Waals surface area contributed by atoms with Crippen molar-refractivity contribution in [2.24, 2.45) is 5.41 Å². The summed E-state index contributed by atoms with van der Waals surface area (Å²) in [6.45, 7) is -0.135. The summed E-state index contributed by atoms with van der Waals surface area (Å²) in [6, 6.07) is 0. The van der Waals surface area contributed by atoms with E-state index in [0.717, 1.165) is 7.11 Å². The van der Waals surface area contributed by atoms with Crippen molar-refractivity contribution in [1.29, 1.82) is 0 Å². The summed E-state index contributed by atoms with van der Waals surface area (Å²) in [7, 11) is 1.14. The van der Waals surface area contributed by atoms with Crippen molar-refractivity contribution in [2.45, 2.75) is 44.7 Å². The van der Waals surface area contributed by atoms with Gasteiger partial charge in [-0.3, -0.25) is 9.69 Å². The number of nitrogens with zero attached hydrogens (tertiary/aromatic N) is 1. The van der Waals surface area contributed by atoms with Crippen LogP contribution in [0, 0.1) is 5.41 Å². The van der Waals surface area contributed by atoms with Gasteiger partial charge < -0.3 is 4.74 Å². The van der Waals surface area contributed by atoms with Crippen LogP contribution < -0.4 is 0 Å². The van der Waals surface area contributed by atoms with Crippen LogP contribution in [0.1, 0.15) is 32.6 Å². The molecular formula is C14H22F5NO2. The Kier molecular flexibility index (Phi) is 6.32.